The predicted octanol–water partition coefficient (Wildman–Crippen LogP) is 2.96. The van der Waals surface area contributed by atoms with Crippen LogP contribution in [0.15, 0.2) is 24.4 Å². The van der Waals surface area contributed by atoms with Crippen molar-refractivity contribution >= 4 is 17.9 Å². The van der Waals surface area contributed by atoms with Crippen LogP contribution in [0.5, 0.6) is 0 Å². The zero-order chi connectivity index (χ0) is 11.7. The number of carbonyl (C=O) groups is 1. The van der Waals surface area contributed by atoms with Crippen molar-refractivity contribution in [2.75, 3.05) is 0 Å². The summed E-state index contributed by atoms with van der Waals surface area (Å²) in [6, 6.07) is 5.61. The molecule has 1 aromatic carbocycles. The second-order valence-corrected chi connectivity index (χ2v) is 4.02. The van der Waals surface area contributed by atoms with Crippen LogP contribution in [-0.4, -0.2) is 16.1 Å². The van der Waals surface area contributed by atoms with Crippen molar-refractivity contribution in [3.63, 3.8) is 0 Å². The van der Waals surface area contributed by atoms with E-state index in [4.69, 9.17) is 11.6 Å². The second-order valence-electron chi connectivity index (χ2n) is 3.62. The first kappa shape index (κ1) is 10.9. The first-order valence-corrected chi connectivity index (χ1v) is 5.28. The Kier molecular flexibility index (Phi) is 2.79. The van der Waals surface area contributed by atoms with Crippen LogP contribution >= 0.6 is 11.6 Å². The number of aryl methyl sites for hydroxylation is 1. The second kappa shape index (κ2) is 4.10. The summed E-state index contributed by atoms with van der Waals surface area (Å²) in [5, 5.41) is 4.97. The topological polar surface area (TPSA) is 34.9 Å². The Bertz CT molecular complexity index is 546. The molecular weight excluding hydrogens is 224 g/mol. The summed E-state index contributed by atoms with van der Waals surface area (Å²) in [5.41, 5.74) is 3.15. The summed E-state index contributed by atoms with van der Waals surface area (Å²) in [6.07, 6.45) is 2.51. The summed E-state index contributed by atoms with van der Waals surface area (Å²) in [6.45, 7) is 3.73. The summed E-state index contributed by atoms with van der Waals surface area (Å²) >= 11 is 6.03. The summed E-state index contributed by atoms with van der Waals surface area (Å²) in [7, 11) is 0. The quantitative estimate of drug-likeness (QED) is 0.749. The number of benzene rings is 1. The molecule has 0 unspecified atom stereocenters. The fourth-order valence-corrected chi connectivity index (χ4v) is 1.73. The SMILES string of the molecule is Cc1nn(-c2cccc(Cl)c2C)cc1C=O. The highest BCUT2D eigenvalue weighted by Gasteiger charge is 2.08. The van der Waals surface area contributed by atoms with E-state index in [2.05, 4.69) is 5.10 Å². The van der Waals surface area contributed by atoms with Gasteiger partial charge in [0.05, 0.1) is 16.9 Å². The Morgan fingerprint density at radius 2 is 2.12 bits per heavy atom. The van der Waals surface area contributed by atoms with Gasteiger partial charge in [0.15, 0.2) is 6.29 Å². The first-order valence-electron chi connectivity index (χ1n) is 4.90. The van der Waals surface area contributed by atoms with Crippen LogP contribution in [0.4, 0.5) is 0 Å². The molecule has 0 atom stereocenters. The molecule has 0 N–H and O–H groups in total. The van der Waals surface area contributed by atoms with Gasteiger partial charge >= 0.3 is 0 Å². The molecule has 1 heterocycles. The molecule has 0 aliphatic heterocycles. The smallest absolute Gasteiger partial charge is 0.153 e. The Labute approximate surface area is 98.7 Å². The van der Waals surface area contributed by atoms with Crippen molar-refractivity contribution in [1.82, 2.24) is 9.78 Å². The van der Waals surface area contributed by atoms with E-state index in [9.17, 15) is 4.79 Å². The van der Waals surface area contributed by atoms with Crippen LogP contribution in [-0.2, 0) is 0 Å². The number of carbonyl (C=O) groups excluding carboxylic acids is 1. The molecule has 1 aromatic heterocycles. The molecule has 0 saturated heterocycles. The van der Waals surface area contributed by atoms with Gasteiger partial charge < -0.3 is 0 Å². The number of aldehydes is 1. The van der Waals surface area contributed by atoms with Crippen LogP contribution in [0, 0.1) is 13.8 Å². The molecule has 3 nitrogen and oxygen atoms in total. The predicted molar refractivity (Wildman–Crippen MR) is 63.4 cm³/mol. The van der Waals surface area contributed by atoms with E-state index in [1.165, 1.54) is 0 Å². The number of rotatable bonds is 2. The number of nitrogens with zero attached hydrogens (tertiary/aromatic N) is 2. The van der Waals surface area contributed by atoms with E-state index >= 15 is 0 Å². The maximum atomic E-state index is 10.7. The molecule has 0 saturated carbocycles. The molecule has 82 valence electrons. The van der Waals surface area contributed by atoms with Gasteiger partial charge in [0.25, 0.3) is 0 Å². The number of aromatic nitrogens is 2. The number of halogens is 1. The normalized spacial score (nSPS) is 10.4. The van der Waals surface area contributed by atoms with E-state index in [-0.39, 0.29) is 0 Å². The monoisotopic (exact) mass is 234 g/mol. The minimum absolute atomic E-state index is 0.597. The lowest BCUT2D eigenvalue weighted by Gasteiger charge is -2.06. The molecular formula is C12H11ClN2O. The van der Waals surface area contributed by atoms with Gasteiger partial charge in [-0.2, -0.15) is 5.10 Å². The fraction of sp³-hybridized carbons (Fsp3) is 0.167. The van der Waals surface area contributed by atoms with Crippen molar-refractivity contribution < 1.29 is 4.79 Å². The van der Waals surface area contributed by atoms with E-state index in [0.29, 0.717) is 10.6 Å². The third kappa shape index (κ3) is 1.74. The molecule has 16 heavy (non-hydrogen) atoms. The zero-order valence-electron chi connectivity index (χ0n) is 9.07. The van der Waals surface area contributed by atoms with Gasteiger partial charge in [-0.05, 0) is 31.5 Å². The van der Waals surface area contributed by atoms with Crippen LogP contribution < -0.4 is 0 Å². The van der Waals surface area contributed by atoms with Gasteiger partial charge in [-0.15, -0.1) is 0 Å². The van der Waals surface area contributed by atoms with Crippen LogP contribution in [0.2, 0.25) is 5.02 Å². The summed E-state index contributed by atoms with van der Waals surface area (Å²) in [4.78, 5) is 10.7. The van der Waals surface area contributed by atoms with Crippen molar-refractivity contribution in [2.45, 2.75) is 13.8 Å². The maximum absolute atomic E-state index is 10.7. The first-order chi connectivity index (χ1) is 7.63. The highest BCUT2D eigenvalue weighted by molar-refractivity contribution is 6.31. The molecule has 0 aliphatic carbocycles. The molecule has 0 amide bonds. The maximum Gasteiger partial charge on any atom is 0.153 e. The van der Waals surface area contributed by atoms with E-state index in [1.54, 1.807) is 17.8 Å². The van der Waals surface area contributed by atoms with Crippen LogP contribution in [0.25, 0.3) is 5.69 Å². The standard InChI is InChI=1S/C12H11ClN2O/c1-8-11(13)4-3-5-12(8)15-6-10(7-16)9(2)14-15/h3-7H,1-2H3. The minimum atomic E-state index is 0.597. The molecule has 2 rings (SSSR count). The average Bonchev–Trinajstić information content (AvgIpc) is 2.63. The van der Waals surface area contributed by atoms with Gasteiger partial charge in [-0.3, -0.25) is 4.79 Å². The largest absolute Gasteiger partial charge is 0.298 e. The highest BCUT2D eigenvalue weighted by atomic mass is 35.5. The molecule has 0 fully saturated rings. The Balaban J connectivity index is 2.58. The van der Waals surface area contributed by atoms with Gasteiger partial charge in [-0.1, -0.05) is 17.7 Å². The Morgan fingerprint density at radius 3 is 2.75 bits per heavy atom. The van der Waals surface area contributed by atoms with Gasteiger partial charge in [-0.25, -0.2) is 4.68 Å². The van der Waals surface area contributed by atoms with Crippen molar-refractivity contribution in [2.24, 2.45) is 0 Å². The van der Waals surface area contributed by atoms with E-state index in [0.717, 1.165) is 23.2 Å². The zero-order valence-corrected chi connectivity index (χ0v) is 9.82. The lowest BCUT2D eigenvalue weighted by molar-refractivity contribution is 0.112. The molecule has 0 radical (unpaired) electrons. The third-order valence-electron chi connectivity index (χ3n) is 2.55. The number of hydrogen-bond donors (Lipinski definition) is 0. The van der Waals surface area contributed by atoms with E-state index < -0.39 is 0 Å². The third-order valence-corrected chi connectivity index (χ3v) is 2.96. The number of hydrogen-bond acceptors (Lipinski definition) is 2. The van der Waals surface area contributed by atoms with Crippen LogP contribution in [0.3, 0.4) is 0 Å². The lowest BCUT2D eigenvalue weighted by atomic mass is 10.2. The average molecular weight is 235 g/mol. The van der Waals surface area contributed by atoms with Gasteiger partial charge in [0.1, 0.15) is 0 Å². The molecule has 0 aliphatic rings. The van der Waals surface area contributed by atoms with Gasteiger partial charge in [0.2, 0.25) is 0 Å². The molecule has 0 spiro atoms. The van der Waals surface area contributed by atoms with Crippen molar-refractivity contribution in [3.05, 3.63) is 46.2 Å². The lowest BCUT2D eigenvalue weighted by Crippen LogP contribution is -1.98. The Morgan fingerprint density at radius 1 is 1.38 bits per heavy atom. The van der Waals surface area contributed by atoms with Crippen molar-refractivity contribution in [3.8, 4) is 5.69 Å². The molecule has 0 bridgehead atoms. The molecule has 2 aromatic rings. The van der Waals surface area contributed by atoms with Crippen molar-refractivity contribution in [1.29, 1.82) is 0 Å². The van der Waals surface area contributed by atoms with Crippen LogP contribution in [0.1, 0.15) is 21.6 Å². The summed E-state index contributed by atoms with van der Waals surface area (Å²) in [5.74, 6) is 0. The van der Waals surface area contributed by atoms with E-state index in [1.807, 2.05) is 25.1 Å². The molecule has 4 heteroatoms. The highest BCUT2D eigenvalue weighted by Crippen LogP contribution is 2.22. The fourth-order valence-electron chi connectivity index (χ4n) is 1.56. The van der Waals surface area contributed by atoms with Gasteiger partial charge in [0, 0.05) is 11.2 Å². The Hall–Kier alpha value is -1.61. The summed E-state index contributed by atoms with van der Waals surface area (Å²) < 4.78 is 1.68. The minimum Gasteiger partial charge on any atom is -0.298 e.